The first-order valence-corrected chi connectivity index (χ1v) is 5.25. The summed E-state index contributed by atoms with van der Waals surface area (Å²) in [5, 5.41) is 4.27. The van der Waals surface area contributed by atoms with Crippen LogP contribution in [0.2, 0.25) is 0 Å². The van der Waals surface area contributed by atoms with Crippen LogP contribution < -0.4 is 0 Å². The zero-order chi connectivity index (χ0) is 11.4. The van der Waals surface area contributed by atoms with E-state index in [1.807, 2.05) is 6.92 Å². The van der Waals surface area contributed by atoms with E-state index in [0.29, 0.717) is 18.1 Å². The third kappa shape index (κ3) is 3.08. The van der Waals surface area contributed by atoms with Crippen molar-refractivity contribution in [1.29, 1.82) is 0 Å². The molecule has 0 atom stereocenters. The molecule has 0 unspecified atom stereocenters. The van der Waals surface area contributed by atoms with E-state index in [-0.39, 0.29) is 5.97 Å². The lowest BCUT2D eigenvalue weighted by Gasteiger charge is -2.03. The molecule has 4 heteroatoms. The fourth-order valence-corrected chi connectivity index (χ4v) is 1.39. The Balaban J connectivity index is 2.81. The molecule has 0 spiro atoms. The SMILES string of the molecule is CCOC(=O)c1cn(CC(C)C)nc1C. The highest BCUT2D eigenvalue weighted by molar-refractivity contribution is 5.90. The maximum absolute atomic E-state index is 11.5. The van der Waals surface area contributed by atoms with Crippen molar-refractivity contribution in [2.24, 2.45) is 5.92 Å². The van der Waals surface area contributed by atoms with E-state index >= 15 is 0 Å². The van der Waals surface area contributed by atoms with Crippen molar-refractivity contribution in [2.45, 2.75) is 34.2 Å². The predicted molar refractivity (Wildman–Crippen MR) is 57.8 cm³/mol. The van der Waals surface area contributed by atoms with Gasteiger partial charge in [-0.2, -0.15) is 5.10 Å². The average molecular weight is 210 g/mol. The molecule has 0 N–H and O–H groups in total. The number of nitrogens with zero attached hydrogens (tertiary/aromatic N) is 2. The van der Waals surface area contributed by atoms with Crippen LogP contribution in [-0.2, 0) is 11.3 Å². The second-order valence-corrected chi connectivity index (χ2v) is 3.96. The van der Waals surface area contributed by atoms with Crippen molar-refractivity contribution < 1.29 is 9.53 Å². The number of hydrogen-bond acceptors (Lipinski definition) is 3. The van der Waals surface area contributed by atoms with E-state index in [0.717, 1.165) is 12.2 Å². The number of rotatable bonds is 4. The summed E-state index contributed by atoms with van der Waals surface area (Å²) in [7, 11) is 0. The van der Waals surface area contributed by atoms with Gasteiger partial charge in [0.2, 0.25) is 0 Å². The van der Waals surface area contributed by atoms with Gasteiger partial charge in [-0.15, -0.1) is 0 Å². The number of aromatic nitrogens is 2. The minimum absolute atomic E-state index is 0.287. The molecule has 1 aromatic rings. The zero-order valence-corrected chi connectivity index (χ0v) is 9.78. The summed E-state index contributed by atoms with van der Waals surface area (Å²) >= 11 is 0. The van der Waals surface area contributed by atoms with Gasteiger partial charge in [-0.05, 0) is 19.8 Å². The molecule has 0 aliphatic carbocycles. The van der Waals surface area contributed by atoms with Crippen LogP contribution in [0.1, 0.15) is 36.8 Å². The molecule has 1 rings (SSSR count). The second kappa shape index (κ2) is 4.96. The first-order chi connectivity index (χ1) is 7.04. The first kappa shape index (κ1) is 11.8. The molecule has 1 heterocycles. The maximum Gasteiger partial charge on any atom is 0.341 e. The quantitative estimate of drug-likeness (QED) is 0.714. The van der Waals surface area contributed by atoms with Gasteiger partial charge in [-0.25, -0.2) is 4.79 Å². The van der Waals surface area contributed by atoms with Gasteiger partial charge >= 0.3 is 5.97 Å². The molecule has 0 bridgehead atoms. The molecule has 0 saturated carbocycles. The van der Waals surface area contributed by atoms with E-state index in [1.165, 1.54) is 0 Å². The van der Waals surface area contributed by atoms with E-state index in [2.05, 4.69) is 18.9 Å². The number of carbonyl (C=O) groups excluding carboxylic acids is 1. The van der Waals surface area contributed by atoms with Crippen LogP contribution in [0, 0.1) is 12.8 Å². The lowest BCUT2D eigenvalue weighted by molar-refractivity contribution is 0.0525. The Morgan fingerprint density at radius 1 is 1.60 bits per heavy atom. The normalized spacial score (nSPS) is 10.7. The van der Waals surface area contributed by atoms with E-state index in [1.54, 1.807) is 17.8 Å². The van der Waals surface area contributed by atoms with E-state index < -0.39 is 0 Å². The van der Waals surface area contributed by atoms with Crippen LogP contribution in [0.3, 0.4) is 0 Å². The second-order valence-electron chi connectivity index (χ2n) is 3.96. The monoisotopic (exact) mass is 210 g/mol. The highest BCUT2D eigenvalue weighted by Gasteiger charge is 2.14. The van der Waals surface area contributed by atoms with E-state index in [9.17, 15) is 4.79 Å². The lowest BCUT2D eigenvalue weighted by atomic mass is 10.2. The third-order valence-electron chi connectivity index (χ3n) is 1.99. The molecule has 0 radical (unpaired) electrons. The van der Waals surface area contributed by atoms with Gasteiger partial charge in [-0.1, -0.05) is 13.8 Å². The fourth-order valence-electron chi connectivity index (χ4n) is 1.39. The number of esters is 1. The Bertz CT molecular complexity index is 342. The average Bonchev–Trinajstić information content (AvgIpc) is 2.46. The molecular weight excluding hydrogens is 192 g/mol. The van der Waals surface area contributed by atoms with Gasteiger partial charge in [0.25, 0.3) is 0 Å². The minimum Gasteiger partial charge on any atom is -0.462 e. The van der Waals surface area contributed by atoms with Crippen LogP contribution in [0.4, 0.5) is 0 Å². The molecule has 15 heavy (non-hydrogen) atoms. The van der Waals surface area contributed by atoms with Crippen molar-refractivity contribution in [3.8, 4) is 0 Å². The Morgan fingerprint density at radius 2 is 2.27 bits per heavy atom. The molecule has 0 aromatic carbocycles. The van der Waals surface area contributed by atoms with Crippen molar-refractivity contribution in [3.63, 3.8) is 0 Å². The fraction of sp³-hybridized carbons (Fsp3) is 0.636. The summed E-state index contributed by atoms with van der Waals surface area (Å²) in [5.41, 5.74) is 1.30. The number of hydrogen-bond donors (Lipinski definition) is 0. The predicted octanol–water partition coefficient (Wildman–Crippen LogP) is 2.02. The molecule has 0 fully saturated rings. The molecule has 0 saturated heterocycles. The maximum atomic E-state index is 11.5. The van der Waals surface area contributed by atoms with Gasteiger partial charge in [0.15, 0.2) is 0 Å². The molecule has 84 valence electrons. The number of carbonyl (C=O) groups is 1. The van der Waals surface area contributed by atoms with E-state index in [4.69, 9.17) is 4.74 Å². The molecule has 1 aromatic heterocycles. The third-order valence-corrected chi connectivity index (χ3v) is 1.99. The highest BCUT2D eigenvalue weighted by atomic mass is 16.5. The zero-order valence-electron chi connectivity index (χ0n) is 9.78. The van der Waals surface area contributed by atoms with Crippen LogP contribution >= 0.6 is 0 Å². The summed E-state index contributed by atoms with van der Waals surface area (Å²) in [6.45, 7) is 9.06. The summed E-state index contributed by atoms with van der Waals surface area (Å²) in [5.74, 6) is 0.226. The van der Waals surface area contributed by atoms with Gasteiger partial charge in [-0.3, -0.25) is 4.68 Å². The number of aryl methyl sites for hydroxylation is 1. The van der Waals surface area contributed by atoms with Crippen LogP contribution in [0.15, 0.2) is 6.20 Å². The standard InChI is InChI=1S/C11H18N2O2/c1-5-15-11(14)10-7-13(6-8(2)3)12-9(10)4/h7-8H,5-6H2,1-4H3. The van der Waals surface area contributed by atoms with Gasteiger partial charge in [0, 0.05) is 12.7 Å². The highest BCUT2D eigenvalue weighted by Crippen LogP contribution is 2.09. The van der Waals surface area contributed by atoms with Crippen molar-refractivity contribution in [2.75, 3.05) is 6.61 Å². The van der Waals surface area contributed by atoms with Crippen molar-refractivity contribution >= 4 is 5.97 Å². The van der Waals surface area contributed by atoms with Gasteiger partial charge in [0.1, 0.15) is 5.56 Å². The molecule has 0 amide bonds. The van der Waals surface area contributed by atoms with Crippen molar-refractivity contribution in [1.82, 2.24) is 9.78 Å². The van der Waals surface area contributed by atoms with Gasteiger partial charge in [0.05, 0.1) is 12.3 Å². The van der Waals surface area contributed by atoms with Crippen LogP contribution in [-0.4, -0.2) is 22.4 Å². The molecule has 0 aliphatic rings. The smallest absolute Gasteiger partial charge is 0.341 e. The van der Waals surface area contributed by atoms with Crippen molar-refractivity contribution in [3.05, 3.63) is 17.5 Å². The largest absolute Gasteiger partial charge is 0.462 e. The summed E-state index contributed by atoms with van der Waals surface area (Å²) in [4.78, 5) is 11.5. The molecule has 0 aliphatic heterocycles. The Labute approximate surface area is 90.2 Å². The lowest BCUT2D eigenvalue weighted by Crippen LogP contribution is -2.06. The van der Waals surface area contributed by atoms with Gasteiger partial charge < -0.3 is 4.74 Å². The molecular formula is C11H18N2O2. The summed E-state index contributed by atoms with van der Waals surface area (Å²) in [6.07, 6.45) is 1.76. The Kier molecular flexibility index (Phi) is 3.88. The summed E-state index contributed by atoms with van der Waals surface area (Å²) < 4.78 is 6.73. The van der Waals surface area contributed by atoms with Crippen LogP contribution in [0.25, 0.3) is 0 Å². The Morgan fingerprint density at radius 3 is 2.80 bits per heavy atom. The topological polar surface area (TPSA) is 44.1 Å². The van der Waals surface area contributed by atoms with Crippen LogP contribution in [0.5, 0.6) is 0 Å². The molecule has 4 nitrogen and oxygen atoms in total. The number of ether oxygens (including phenoxy) is 1. The minimum atomic E-state index is -0.287. The first-order valence-electron chi connectivity index (χ1n) is 5.25. The Hall–Kier alpha value is -1.32. The summed E-state index contributed by atoms with van der Waals surface area (Å²) in [6, 6.07) is 0.